The van der Waals surface area contributed by atoms with Gasteiger partial charge in [0, 0.05) is 6.23 Å². The zero-order valence-corrected chi connectivity index (χ0v) is 7.07. The SMILES string of the molecule is CC[Si](C)(CC)CO. The van der Waals surface area contributed by atoms with E-state index >= 15 is 0 Å². The Morgan fingerprint density at radius 1 is 1.25 bits per heavy atom. The summed E-state index contributed by atoms with van der Waals surface area (Å²) >= 11 is 0. The van der Waals surface area contributed by atoms with Crippen molar-refractivity contribution >= 4 is 8.07 Å². The molecule has 0 unspecified atom stereocenters. The highest BCUT2D eigenvalue weighted by Crippen LogP contribution is 2.12. The second kappa shape index (κ2) is 3.25. The molecule has 0 saturated carbocycles. The van der Waals surface area contributed by atoms with Crippen molar-refractivity contribution < 1.29 is 5.11 Å². The molecule has 0 aromatic carbocycles. The van der Waals surface area contributed by atoms with Crippen molar-refractivity contribution in [2.45, 2.75) is 32.5 Å². The normalized spacial score (nSPS) is 12.0. The molecule has 8 heavy (non-hydrogen) atoms. The molecule has 1 nitrogen and oxygen atoms in total. The van der Waals surface area contributed by atoms with Crippen LogP contribution >= 0.6 is 0 Å². The minimum absolute atomic E-state index is 0.458. The van der Waals surface area contributed by atoms with Gasteiger partial charge in [-0.15, -0.1) is 0 Å². The fourth-order valence-corrected chi connectivity index (χ4v) is 1.42. The van der Waals surface area contributed by atoms with E-state index in [1.807, 2.05) is 0 Å². The molecule has 50 valence electrons. The average Bonchev–Trinajstić information content (AvgIpc) is 1.87. The van der Waals surface area contributed by atoms with Crippen molar-refractivity contribution in [3.63, 3.8) is 0 Å². The third-order valence-electron chi connectivity index (χ3n) is 2.09. The summed E-state index contributed by atoms with van der Waals surface area (Å²) in [6, 6.07) is 2.42. The van der Waals surface area contributed by atoms with Crippen LogP contribution in [-0.4, -0.2) is 19.4 Å². The molecular formula is C6H16OSi. The van der Waals surface area contributed by atoms with E-state index in [1.165, 1.54) is 12.1 Å². The first-order chi connectivity index (χ1) is 3.68. The molecule has 0 aliphatic carbocycles. The highest BCUT2D eigenvalue weighted by molar-refractivity contribution is 6.78. The summed E-state index contributed by atoms with van der Waals surface area (Å²) in [5.41, 5.74) is 0. The summed E-state index contributed by atoms with van der Waals surface area (Å²) in [5.74, 6) is 0. The van der Waals surface area contributed by atoms with Crippen LogP contribution in [0.2, 0.25) is 18.6 Å². The van der Waals surface area contributed by atoms with Gasteiger partial charge in [0.15, 0.2) is 0 Å². The van der Waals surface area contributed by atoms with Gasteiger partial charge in [-0.25, -0.2) is 0 Å². The predicted molar refractivity (Wildman–Crippen MR) is 39.7 cm³/mol. The molecule has 0 rings (SSSR count). The van der Waals surface area contributed by atoms with Gasteiger partial charge in [-0.3, -0.25) is 0 Å². The molecule has 0 saturated heterocycles. The Bertz CT molecular complexity index is 51.3. The van der Waals surface area contributed by atoms with Gasteiger partial charge in [0.1, 0.15) is 0 Å². The van der Waals surface area contributed by atoms with E-state index in [0.717, 1.165) is 0 Å². The molecule has 0 amide bonds. The lowest BCUT2D eigenvalue weighted by Crippen LogP contribution is -2.32. The zero-order chi connectivity index (χ0) is 6.62. The maximum absolute atomic E-state index is 8.85. The molecule has 0 fully saturated rings. The first-order valence-corrected chi connectivity index (χ1v) is 6.41. The van der Waals surface area contributed by atoms with Crippen LogP contribution in [0, 0.1) is 0 Å². The Morgan fingerprint density at radius 3 is 1.62 bits per heavy atom. The molecule has 0 heterocycles. The van der Waals surface area contributed by atoms with Crippen LogP contribution in [0.3, 0.4) is 0 Å². The zero-order valence-electron chi connectivity index (χ0n) is 6.07. The van der Waals surface area contributed by atoms with Gasteiger partial charge in [-0.1, -0.05) is 32.5 Å². The van der Waals surface area contributed by atoms with Crippen LogP contribution in [0.4, 0.5) is 0 Å². The van der Waals surface area contributed by atoms with Crippen LogP contribution in [0.5, 0.6) is 0 Å². The summed E-state index contributed by atoms with van der Waals surface area (Å²) in [6.45, 7) is 6.59. The first kappa shape index (κ1) is 8.18. The van der Waals surface area contributed by atoms with E-state index in [0.29, 0.717) is 6.23 Å². The molecule has 0 aliphatic rings. The Balaban J connectivity index is 3.58. The van der Waals surface area contributed by atoms with Gasteiger partial charge in [0.25, 0.3) is 0 Å². The van der Waals surface area contributed by atoms with E-state index in [2.05, 4.69) is 20.4 Å². The van der Waals surface area contributed by atoms with Crippen molar-refractivity contribution in [2.75, 3.05) is 6.23 Å². The van der Waals surface area contributed by atoms with Gasteiger partial charge in [-0.05, 0) is 0 Å². The molecule has 0 radical (unpaired) electrons. The fourth-order valence-electron chi connectivity index (χ4n) is 0.474. The second-order valence-corrected chi connectivity index (χ2v) is 8.03. The summed E-state index contributed by atoms with van der Waals surface area (Å²) in [6.07, 6.45) is 0.458. The predicted octanol–water partition coefficient (Wildman–Crippen LogP) is 1.64. The van der Waals surface area contributed by atoms with E-state index in [4.69, 9.17) is 5.11 Å². The van der Waals surface area contributed by atoms with Crippen LogP contribution in [0.25, 0.3) is 0 Å². The van der Waals surface area contributed by atoms with E-state index < -0.39 is 8.07 Å². The average molecular weight is 132 g/mol. The van der Waals surface area contributed by atoms with Crippen LogP contribution < -0.4 is 0 Å². The molecule has 0 bridgehead atoms. The molecule has 0 aromatic heterocycles. The van der Waals surface area contributed by atoms with Crippen molar-refractivity contribution in [2.24, 2.45) is 0 Å². The van der Waals surface area contributed by atoms with Gasteiger partial charge in [0.05, 0.1) is 8.07 Å². The van der Waals surface area contributed by atoms with Crippen molar-refractivity contribution in [3.05, 3.63) is 0 Å². The summed E-state index contributed by atoms with van der Waals surface area (Å²) in [4.78, 5) is 0. The fraction of sp³-hybridized carbons (Fsp3) is 1.00. The summed E-state index contributed by atoms with van der Waals surface area (Å²) < 4.78 is 0. The molecule has 0 aliphatic heterocycles. The van der Waals surface area contributed by atoms with E-state index in [-0.39, 0.29) is 0 Å². The Labute approximate surface area is 52.7 Å². The summed E-state index contributed by atoms with van der Waals surface area (Å²) in [5, 5.41) is 8.85. The Kier molecular flexibility index (Phi) is 3.32. The van der Waals surface area contributed by atoms with E-state index in [9.17, 15) is 0 Å². The van der Waals surface area contributed by atoms with Gasteiger partial charge in [0.2, 0.25) is 0 Å². The van der Waals surface area contributed by atoms with Gasteiger partial charge < -0.3 is 5.11 Å². The molecule has 0 aromatic rings. The first-order valence-electron chi connectivity index (χ1n) is 3.29. The smallest absolute Gasteiger partial charge is 0.0797 e. The van der Waals surface area contributed by atoms with Gasteiger partial charge >= 0.3 is 0 Å². The quantitative estimate of drug-likeness (QED) is 0.579. The molecule has 1 N–H and O–H groups in total. The van der Waals surface area contributed by atoms with E-state index in [1.54, 1.807) is 0 Å². The molecule has 0 spiro atoms. The Morgan fingerprint density at radius 2 is 1.62 bits per heavy atom. The number of hydrogen-bond donors (Lipinski definition) is 1. The topological polar surface area (TPSA) is 20.2 Å². The van der Waals surface area contributed by atoms with Crippen molar-refractivity contribution in [3.8, 4) is 0 Å². The molecular weight excluding hydrogens is 116 g/mol. The number of hydrogen-bond acceptors (Lipinski definition) is 1. The van der Waals surface area contributed by atoms with Crippen molar-refractivity contribution in [1.29, 1.82) is 0 Å². The van der Waals surface area contributed by atoms with Crippen molar-refractivity contribution in [1.82, 2.24) is 0 Å². The summed E-state index contributed by atoms with van der Waals surface area (Å²) in [7, 11) is -1.12. The maximum atomic E-state index is 8.85. The molecule has 0 atom stereocenters. The largest absolute Gasteiger partial charge is 0.400 e. The van der Waals surface area contributed by atoms with Gasteiger partial charge in [-0.2, -0.15) is 0 Å². The third kappa shape index (κ3) is 1.97. The monoisotopic (exact) mass is 132 g/mol. The van der Waals surface area contributed by atoms with Crippen LogP contribution in [0.1, 0.15) is 13.8 Å². The minimum atomic E-state index is -1.12. The lowest BCUT2D eigenvalue weighted by atomic mass is 10.9. The highest BCUT2D eigenvalue weighted by Gasteiger charge is 2.20. The minimum Gasteiger partial charge on any atom is -0.400 e. The molecule has 2 heteroatoms. The van der Waals surface area contributed by atoms with Crippen LogP contribution in [-0.2, 0) is 0 Å². The second-order valence-electron chi connectivity index (χ2n) is 2.68. The number of aliphatic hydroxyl groups excluding tert-OH is 1. The number of rotatable bonds is 3. The third-order valence-corrected chi connectivity index (χ3v) is 6.27. The lowest BCUT2D eigenvalue weighted by molar-refractivity contribution is 0.357. The highest BCUT2D eigenvalue weighted by atomic mass is 28.3. The lowest BCUT2D eigenvalue weighted by Gasteiger charge is -2.19. The van der Waals surface area contributed by atoms with Crippen LogP contribution in [0.15, 0.2) is 0 Å². The maximum Gasteiger partial charge on any atom is 0.0797 e. The Hall–Kier alpha value is 0.177. The standard InChI is InChI=1S/C6H16OSi/c1-4-8(3,5-2)6-7/h7H,4-6H2,1-3H3. The number of aliphatic hydroxyl groups is 1.